The van der Waals surface area contributed by atoms with Gasteiger partial charge in [0.1, 0.15) is 23.9 Å². The van der Waals surface area contributed by atoms with Crippen molar-refractivity contribution in [1.29, 1.82) is 0 Å². The first kappa shape index (κ1) is 22.2. The summed E-state index contributed by atoms with van der Waals surface area (Å²) in [5, 5.41) is 2.80. The van der Waals surface area contributed by atoms with Crippen molar-refractivity contribution in [1.82, 2.24) is 0 Å². The lowest BCUT2D eigenvalue weighted by Gasteiger charge is -2.27. The summed E-state index contributed by atoms with van der Waals surface area (Å²) in [5.74, 6) is 1.52. The number of hydrogen-bond acceptors (Lipinski definition) is 5. The number of fused-ring (bicyclic) bond motifs is 1. The Morgan fingerprint density at radius 2 is 1.87 bits per heavy atom. The molecule has 2 aromatic carbocycles. The summed E-state index contributed by atoms with van der Waals surface area (Å²) in [6, 6.07) is 12.3. The first-order valence-corrected chi connectivity index (χ1v) is 10.2. The number of carbonyl (C=O) groups is 2. The van der Waals surface area contributed by atoms with E-state index >= 15 is 0 Å². The number of amides is 2. The van der Waals surface area contributed by atoms with Crippen molar-refractivity contribution in [2.45, 2.75) is 20.8 Å². The highest BCUT2D eigenvalue weighted by atomic mass is 16.5. The van der Waals surface area contributed by atoms with Gasteiger partial charge in [-0.05, 0) is 63.2 Å². The third-order valence-electron chi connectivity index (χ3n) is 4.76. The van der Waals surface area contributed by atoms with Gasteiger partial charge in [-0.25, -0.2) is 0 Å². The van der Waals surface area contributed by atoms with Crippen molar-refractivity contribution in [2.24, 2.45) is 5.41 Å². The van der Waals surface area contributed by atoms with E-state index in [1.165, 1.54) is 0 Å². The van der Waals surface area contributed by atoms with E-state index in [-0.39, 0.29) is 25.0 Å². The standard InChI is InChI=1S/C24H28N2O5/c1-5-13-26-20-14-17(7-12-21(20)31-16-24(3,4)23(26)28)25-22(27)15-30-19-10-8-18(9-11-19)29-6-2/h5,7-12,14H,1,6,13,15-16H2,2-4H3,(H,25,27). The molecule has 1 aliphatic heterocycles. The summed E-state index contributed by atoms with van der Waals surface area (Å²) in [4.78, 5) is 27.0. The predicted molar refractivity (Wildman–Crippen MR) is 120 cm³/mol. The fourth-order valence-corrected chi connectivity index (χ4v) is 3.18. The molecule has 164 valence electrons. The minimum Gasteiger partial charge on any atom is -0.494 e. The van der Waals surface area contributed by atoms with Gasteiger partial charge in [0.25, 0.3) is 5.91 Å². The number of rotatable bonds is 8. The molecular weight excluding hydrogens is 396 g/mol. The van der Waals surface area contributed by atoms with Crippen LogP contribution in [0.1, 0.15) is 20.8 Å². The average Bonchev–Trinajstić information content (AvgIpc) is 2.84. The molecule has 7 heteroatoms. The molecule has 0 saturated carbocycles. The summed E-state index contributed by atoms with van der Waals surface area (Å²) >= 11 is 0. The molecule has 31 heavy (non-hydrogen) atoms. The first-order valence-electron chi connectivity index (χ1n) is 10.2. The van der Waals surface area contributed by atoms with E-state index < -0.39 is 5.41 Å². The topological polar surface area (TPSA) is 77.1 Å². The Hall–Kier alpha value is -3.48. The maximum Gasteiger partial charge on any atom is 0.262 e. The Kier molecular flexibility index (Phi) is 6.84. The van der Waals surface area contributed by atoms with Gasteiger partial charge >= 0.3 is 0 Å². The van der Waals surface area contributed by atoms with Crippen LogP contribution in [0.2, 0.25) is 0 Å². The largest absolute Gasteiger partial charge is 0.494 e. The Morgan fingerprint density at radius 3 is 2.52 bits per heavy atom. The number of nitrogens with one attached hydrogen (secondary N) is 1. The van der Waals surface area contributed by atoms with Gasteiger partial charge in [0.2, 0.25) is 5.91 Å². The van der Waals surface area contributed by atoms with Crippen LogP contribution in [0.3, 0.4) is 0 Å². The van der Waals surface area contributed by atoms with Crippen molar-refractivity contribution >= 4 is 23.2 Å². The molecule has 0 radical (unpaired) electrons. The van der Waals surface area contributed by atoms with E-state index in [1.807, 2.05) is 20.8 Å². The lowest BCUT2D eigenvalue weighted by molar-refractivity contribution is -0.127. The minimum absolute atomic E-state index is 0.0616. The number of nitrogens with zero attached hydrogens (tertiary/aromatic N) is 1. The van der Waals surface area contributed by atoms with E-state index in [4.69, 9.17) is 14.2 Å². The Bertz CT molecular complexity index is 953. The molecule has 0 aromatic heterocycles. The molecular formula is C24H28N2O5. The van der Waals surface area contributed by atoms with E-state index in [1.54, 1.807) is 53.4 Å². The second kappa shape index (κ2) is 9.55. The van der Waals surface area contributed by atoms with Crippen LogP contribution in [0, 0.1) is 5.41 Å². The number of hydrogen-bond donors (Lipinski definition) is 1. The molecule has 0 atom stereocenters. The molecule has 2 aromatic rings. The Balaban J connectivity index is 1.69. The van der Waals surface area contributed by atoms with Crippen LogP contribution < -0.4 is 24.4 Å². The second-order valence-corrected chi connectivity index (χ2v) is 7.80. The predicted octanol–water partition coefficient (Wildman–Crippen LogP) is 4.04. The van der Waals surface area contributed by atoms with Gasteiger partial charge in [-0.3, -0.25) is 9.59 Å². The minimum atomic E-state index is -0.670. The van der Waals surface area contributed by atoms with E-state index in [2.05, 4.69) is 11.9 Å². The third kappa shape index (κ3) is 5.36. The van der Waals surface area contributed by atoms with Crippen molar-refractivity contribution in [3.63, 3.8) is 0 Å². The molecule has 0 saturated heterocycles. The van der Waals surface area contributed by atoms with Crippen LogP contribution in [-0.2, 0) is 9.59 Å². The van der Waals surface area contributed by atoms with E-state index in [0.717, 1.165) is 5.75 Å². The first-order chi connectivity index (χ1) is 14.8. The summed E-state index contributed by atoms with van der Waals surface area (Å²) < 4.78 is 16.8. The Morgan fingerprint density at radius 1 is 1.19 bits per heavy atom. The summed E-state index contributed by atoms with van der Waals surface area (Å²) in [7, 11) is 0. The summed E-state index contributed by atoms with van der Waals surface area (Å²) in [6.07, 6.45) is 1.67. The van der Waals surface area contributed by atoms with Crippen LogP contribution in [-0.4, -0.2) is 38.2 Å². The SMILES string of the molecule is C=CCN1C(=O)C(C)(C)COc2ccc(NC(=O)COc3ccc(OCC)cc3)cc21. The molecule has 3 rings (SSSR count). The van der Waals surface area contributed by atoms with Crippen LogP contribution in [0.15, 0.2) is 55.1 Å². The highest BCUT2D eigenvalue weighted by molar-refractivity contribution is 6.01. The number of carbonyl (C=O) groups excluding carboxylic acids is 2. The molecule has 1 heterocycles. The van der Waals surface area contributed by atoms with Crippen molar-refractivity contribution in [3.8, 4) is 17.2 Å². The number of benzene rings is 2. The van der Waals surface area contributed by atoms with Gasteiger partial charge < -0.3 is 24.4 Å². The molecule has 7 nitrogen and oxygen atoms in total. The van der Waals surface area contributed by atoms with Crippen LogP contribution in [0.4, 0.5) is 11.4 Å². The smallest absolute Gasteiger partial charge is 0.262 e. The van der Waals surface area contributed by atoms with Crippen molar-refractivity contribution in [3.05, 3.63) is 55.1 Å². The number of ether oxygens (including phenoxy) is 3. The van der Waals surface area contributed by atoms with Crippen LogP contribution in [0.25, 0.3) is 0 Å². The lowest BCUT2D eigenvalue weighted by Crippen LogP contribution is -2.42. The van der Waals surface area contributed by atoms with Crippen molar-refractivity contribution in [2.75, 3.05) is 36.6 Å². The maximum absolute atomic E-state index is 13.0. The van der Waals surface area contributed by atoms with Gasteiger partial charge in [-0.15, -0.1) is 6.58 Å². The highest BCUT2D eigenvalue weighted by Gasteiger charge is 2.37. The van der Waals surface area contributed by atoms with Gasteiger partial charge in [-0.1, -0.05) is 6.08 Å². The highest BCUT2D eigenvalue weighted by Crippen LogP contribution is 2.38. The molecule has 0 fully saturated rings. The fraction of sp³-hybridized carbons (Fsp3) is 0.333. The molecule has 0 aliphatic carbocycles. The maximum atomic E-state index is 13.0. The molecule has 1 aliphatic rings. The van der Waals surface area contributed by atoms with Crippen LogP contribution >= 0.6 is 0 Å². The second-order valence-electron chi connectivity index (χ2n) is 7.80. The molecule has 0 bridgehead atoms. The van der Waals surface area contributed by atoms with Gasteiger partial charge in [0.15, 0.2) is 6.61 Å². The zero-order chi connectivity index (χ0) is 22.4. The fourth-order valence-electron chi connectivity index (χ4n) is 3.18. The third-order valence-corrected chi connectivity index (χ3v) is 4.76. The number of anilines is 2. The Labute approximate surface area is 182 Å². The lowest BCUT2D eigenvalue weighted by atomic mass is 9.93. The van der Waals surface area contributed by atoms with Gasteiger partial charge in [0, 0.05) is 12.2 Å². The zero-order valence-corrected chi connectivity index (χ0v) is 18.1. The van der Waals surface area contributed by atoms with E-state index in [9.17, 15) is 9.59 Å². The quantitative estimate of drug-likeness (QED) is 0.647. The molecule has 0 spiro atoms. The molecule has 2 amide bonds. The van der Waals surface area contributed by atoms with Crippen LogP contribution in [0.5, 0.6) is 17.2 Å². The molecule has 1 N–H and O–H groups in total. The van der Waals surface area contributed by atoms with Gasteiger partial charge in [0.05, 0.1) is 17.7 Å². The monoisotopic (exact) mass is 424 g/mol. The van der Waals surface area contributed by atoms with Gasteiger partial charge in [-0.2, -0.15) is 0 Å². The zero-order valence-electron chi connectivity index (χ0n) is 18.1. The van der Waals surface area contributed by atoms with Crippen molar-refractivity contribution < 1.29 is 23.8 Å². The average molecular weight is 424 g/mol. The molecule has 0 unspecified atom stereocenters. The normalized spacial score (nSPS) is 14.7. The summed E-state index contributed by atoms with van der Waals surface area (Å²) in [5.41, 5.74) is 0.474. The van der Waals surface area contributed by atoms with E-state index in [0.29, 0.717) is 36.0 Å². The summed E-state index contributed by atoms with van der Waals surface area (Å²) in [6.45, 7) is 10.4.